The Hall–Kier alpha value is -3.20. The molecule has 0 aliphatic heterocycles. The molecule has 1 aliphatic rings. The number of allylic oxidation sites excluding steroid dienone is 1. The van der Waals surface area contributed by atoms with E-state index in [-0.39, 0.29) is 5.78 Å². The summed E-state index contributed by atoms with van der Waals surface area (Å²) < 4.78 is 2.03. The quantitative estimate of drug-likeness (QED) is 0.397. The maximum absolute atomic E-state index is 12.9. The summed E-state index contributed by atoms with van der Waals surface area (Å²) in [6.07, 6.45) is 7.45. The highest BCUT2D eigenvalue weighted by Gasteiger charge is 2.19. The van der Waals surface area contributed by atoms with Crippen molar-refractivity contribution in [2.24, 2.45) is 0 Å². The van der Waals surface area contributed by atoms with Crippen molar-refractivity contribution in [3.63, 3.8) is 0 Å². The number of hydrogen-bond donors (Lipinski definition) is 0. The molecular formula is C23H18N2O. The monoisotopic (exact) mass is 338 g/mol. The van der Waals surface area contributed by atoms with Gasteiger partial charge in [-0.15, -0.1) is 0 Å². The number of imidazole rings is 1. The van der Waals surface area contributed by atoms with Crippen LogP contribution in [-0.4, -0.2) is 15.2 Å². The third-order valence-electron chi connectivity index (χ3n) is 5.30. The number of pyridine rings is 1. The lowest BCUT2D eigenvalue weighted by atomic mass is 9.97. The zero-order chi connectivity index (χ0) is 17.7. The van der Waals surface area contributed by atoms with E-state index in [4.69, 9.17) is 0 Å². The van der Waals surface area contributed by atoms with Crippen molar-refractivity contribution < 1.29 is 4.79 Å². The number of benzene rings is 2. The van der Waals surface area contributed by atoms with Crippen LogP contribution in [0, 0.1) is 6.92 Å². The van der Waals surface area contributed by atoms with E-state index in [1.807, 2.05) is 47.9 Å². The molecule has 126 valence electrons. The van der Waals surface area contributed by atoms with Crippen LogP contribution >= 0.6 is 0 Å². The lowest BCUT2D eigenvalue weighted by Gasteiger charge is -2.06. The van der Waals surface area contributed by atoms with Crippen LogP contribution in [0.3, 0.4) is 0 Å². The molecule has 0 bridgehead atoms. The Kier molecular flexibility index (Phi) is 3.29. The molecule has 2 aromatic heterocycles. The first kappa shape index (κ1) is 15.1. The van der Waals surface area contributed by atoms with Gasteiger partial charge in [0.1, 0.15) is 5.82 Å². The van der Waals surface area contributed by atoms with E-state index >= 15 is 0 Å². The van der Waals surface area contributed by atoms with Crippen LogP contribution in [0.4, 0.5) is 0 Å². The van der Waals surface area contributed by atoms with E-state index in [2.05, 4.69) is 29.2 Å². The van der Waals surface area contributed by atoms with Gasteiger partial charge in [0.15, 0.2) is 5.78 Å². The van der Waals surface area contributed by atoms with Crippen molar-refractivity contribution in [1.82, 2.24) is 9.38 Å². The van der Waals surface area contributed by atoms with E-state index in [0.29, 0.717) is 0 Å². The molecule has 3 heteroatoms. The fourth-order valence-electron chi connectivity index (χ4n) is 4.08. The smallest absolute Gasteiger partial charge is 0.186 e. The third kappa shape index (κ3) is 2.21. The summed E-state index contributed by atoms with van der Waals surface area (Å²) in [7, 11) is 0. The number of rotatable bonds is 3. The average molecular weight is 338 g/mol. The van der Waals surface area contributed by atoms with Crippen molar-refractivity contribution in [2.75, 3.05) is 0 Å². The summed E-state index contributed by atoms with van der Waals surface area (Å²) >= 11 is 0. The molecule has 3 nitrogen and oxygen atoms in total. The van der Waals surface area contributed by atoms with Gasteiger partial charge in [-0.1, -0.05) is 36.4 Å². The summed E-state index contributed by atoms with van der Waals surface area (Å²) in [5, 5.41) is 2.50. The van der Waals surface area contributed by atoms with Gasteiger partial charge in [-0.3, -0.25) is 4.79 Å². The zero-order valence-corrected chi connectivity index (χ0v) is 14.6. The molecular weight excluding hydrogens is 320 g/mol. The summed E-state index contributed by atoms with van der Waals surface area (Å²) in [5.74, 6) is 0.968. The molecule has 0 unspecified atom stereocenters. The van der Waals surface area contributed by atoms with E-state index in [1.54, 1.807) is 6.08 Å². The minimum atomic E-state index is 0.0494. The van der Waals surface area contributed by atoms with Crippen molar-refractivity contribution in [3.05, 3.63) is 89.0 Å². The molecule has 0 radical (unpaired) electrons. The topological polar surface area (TPSA) is 34.4 Å². The molecule has 0 N–H and O–H groups in total. The van der Waals surface area contributed by atoms with Crippen LogP contribution in [0.1, 0.15) is 33.0 Å². The zero-order valence-electron chi connectivity index (χ0n) is 14.6. The molecule has 0 atom stereocenters. The molecule has 0 spiro atoms. The molecule has 0 fully saturated rings. The largest absolute Gasteiger partial charge is 0.303 e. The van der Waals surface area contributed by atoms with Crippen molar-refractivity contribution >= 4 is 28.1 Å². The number of hydrogen-bond acceptors (Lipinski definition) is 2. The fraction of sp³-hybridized carbons (Fsp3) is 0.130. The molecule has 26 heavy (non-hydrogen) atoms. The van der Waals surface area contributed by atoms with Gasteiger partial charge < -0.3 is 4.40 Å². The minimum Gasteiger partial charge on any atom is -0.303 e. The summed E-state index contributed by atoms with van der Waals surface area (Å²) in [6.45, 7) is 1.97. The minimum absolute atomic E-state index is 0.0494. The summed E-state index contributed by atoms with van der Waals surface area (Å²) in [4.78, 5) is 17.5. The van der Waals surface area contributed by atoms with Crippen LogP contribution in [0.15, 0.2) is 60.8 Å². The Bertz CT molecular complexity index is 1210. The molecule has 0 amide bonds. The Balaban J connectivity index is 1.55. The molecule has 4 aromatic rings. The lowest BCUT2D eigenvalue weighted by molar-refractivity contribution is 0.104. The molecule has 0 saturated heterocycles. The van der Waals surface area contributed by atoms with Crippen LogP contribution in [0.25, 0.3) is 22.4 Å². The van der Waals surface area contributed by atoms with Crippen LogP contribution < -0.4 is 0 Å². The number of carbonyl (C=O) groups is 1. The fourth-order valence-corrected chi connectivity index (χ4v) is 4.08. The predicted molar refractivity (Wildman–Crippen MR) is 105 cm³/mol. The number of fused-ring (bicyclic) bond motifs is 1. The highest BCUT2D eigenvalue weighted by atomic mass is 16.1. The van der Waals surface area contributed by atoms with Crippen molar-refractivity contribution in [1.29, 1.82) is 0 Å². The number of carbonyl (C=O) groups excluding carboxylic acids is 1. The van der Waals surface area contributed by atoms with E-state index in [9.17, 15) is 4.79 Å². The second-order valence-corrected chi connectivity index (χ2v) is 6.80. The van der Waals surface area contributed by atoms with Crippen LogP contribution in [0.5, 0.6) is 0 Å². The van der Waals surface area contributed by atoms with Gasteiger partial charge in [0.2, 0.25) is 0 Å². The van der Waals surface area contributed by atoms with E-state index in [0.717, 1.165) is 35.4 Å². The molecule has 0 saturated carbocycles. The van der Waals surface area contributed by atoms with Gasteiger partial charge in [0.25, 0.3) is 0 Å². The maximum atomic E-state index is 12.9. The Morgan fingerprint density at radius 2 is 2.00 bits per heavy atom. The Morgan fingerprint density at radius 3 is 2.92 bits per heavy atom. The summed E-state index contributed by atoms with van der Waals surface area (Å²) in [5.41, 5.74) is 5.21. The van der Waals surface area contributed by atoms with Crippen LogP contribution in [0.2, 0.25) is 0 Å². The van der Waals surface area contributed by atoms with Gasteiger partial charge >= 0.3 is 0 Å². The predicted octanol–water partition coefficient (Wildman–Crippen LogP) is 4.79. The van der Waals surface area contributed by atoms with Gasteiger partial charge in [0.05, 0.1) is 11.2 Å². The molecule has 5 rings (SSSR count). The van der Waals surface area contributed by atoms with E-state index < -0.39 is 0 Å². The number of aryl methyl sites for hydroxylation is 3. The van der Waals surface area contributed by atoms with Crippen molar-refractivity contribution in [3.8, 4) is 0 Å². The second kappa shape index (κ2) is 5.67. The van der Waals surface area contributed by atoms with Gasteiger partial charge in [0, 0.05) is 11.8 Å². The first-order valence-electron chi connectivity index (χ1n) is 8.92. The highest BCUT2D eigenvalue weighted by Crippen LogP contribution is 2.33. The number of nitrogens with zero attached hydrogens (tertiary/aromatic N) is 2. The SMILES string of the molecule is Cc1nc(/C=C/C(=O)c2ccc3cccc4c3c2CC4)c2ccccn12. The van der Waals surface area contributed by atoms with Crippen LogP contribution in [-0.2, 0) is 12.8 Å². The third-order valence-corrected chi connectivity index (χ3v) is 5.30. The molecule has 2 aromatic carbocycles. The van der Waals surface area contributed by atoms with E-state index in [1.165, 1.54) is 21.9 Å². The standard InChI is InChI=1S/C23H18N2O/c1-15-24-20(21-7-2-3-14-25(15)21)12-13-22(26)18-10-8-16-5-4-6-17-9-11-19(18)23(16)17/h2-8,10,12-14H,9,11H2,1H3/b13-12+. The normalized spacial score (nSPS) is 13.3. The lowest BCUT2D eigenvalue weighted by Crippen LogP contribution is -1.99. The Labute approximate surface area is 151 Å². The first-order chi connectivity index (χ1) is 12.7. The molecule has 2 heterocycles. The van der Waals surface area contributed by atoms with Gasteiger partial charge in [-0.2, -0.15) is 0 Å². The summed E-state index contributed by atoms with van der Waals surface area (Å²) in [6, 6.07) is 16.4. The average Bonchev–Trinajstić information content (AvgIpc) is 3.24. The maximum Gasteiger partial charge on any atom is 0.186 e. The second-order valence-electron chi connectivity index (χ2n) is 6.80. The number of aromatic nitrogens is 2. The number of ketones is 1. The highest BCUT2D eigenvalue weighted by molar-refractivity contribution is 6.11. The molecule has 1 aliphatic carbocycles. The van der Waals surface area contributed by atoms with Gasteiger partial charge in [-0.05, 0) is 65.9 Å². The van der Waals surface area contributed by atoms with Crippen molar-refractivity contribution in [2.45, 2.75) is 19.8 Å². The van der Waals surface area contributed by atoms with Gasteiger partial charge in [-0.25, -0.2) is 4.98 Å². The first-order valence-corrected chi connectivity index (χ1v) is 8.92. The Morgan fingerprint density at radius 1 is 1.08 bits per heavy atom.